The summed E-state index contributed by atoms with van der Waals surface area (Å²) in [5.41, 5.74) is -1.80. The summed E-state index contributed by atoms with van der Waals surface area (Å²) in [5, 5.41) is 14.3. The van der Waals surface area contributed by atoms with Crippen LogP contribution in [0.2, 0.25) is 5.02 Å². The van der Waals surface area contributed by atoms with Gasteiger partial charge in [0.05, 0.1) is 16.2 Å². The van der Waals surface area contributed by atoms with Gasteiger partial charge in [0.1, 0.15) is 4.88 Å². The maximum Gasteiger partial charge on any atom is 0.263 e. The van der Waals surface area contributed by atoms with Crippen molar-refractivity contribution in [2.24, 2.45) is 0 Å². The topological polar surface area (TPSA) is 49.3 Å². The van der Waals surface area contributed by atoms with Crippen LogP contribution in [0.15, 0.2) is 24.3 Å². The Bertz CT molecular complexity index is 655. The van der Waals surface area contributed by atoms with Crippen LogP contribution in [0.25, 0.3) is 10.1 Å². The van der Waals surface area contributed by atoms with E-state index in [1.54, 1.807) is 27.7 Å². The van der Waals surface area contributed by atoms with Gasteiger partial charge in [0.2, 0.25) is 0 Å². The van der Waals surface area contributed by atoms with Crippen molar-refractivity contribution < 1.29 is 9.90 Å². The van der Waals surface area contributed by atoms with Gasteiger partial charge < -0.3 is 10.4 Å². The summed E-state index contributed by atoms with van der Waals surface area (Å²) in [4.78, 5) is 12.9. The average molecular weight is 312 g/mol. The number of carbonyl (C=O) groups is 1. The molecule has 2 N–H and O–H groups in total. The zero-order valence-corrected chi connectivity index (χ0v) is 13.5. The molecular formula is C15H18ClNO2S. The second-order valence-corrected chi connectivity index (χ2v) is 7.31. The molecule has 0 unspecified atom stereocenters. The van der Waals surface area contributed by atoms with Gasteiger partial charge in [-0.25, -0.2) is 0 Å². The third-order valence-corrected chi connectivity index (χ3v) is 5.37. The van der Waals surface area contributed by atoms with Gasteiger partial charge in [-0.15, -0.1) is 11.3 Å². The van der Waals surface area contributed by atoms with E-state index in [2.05, 4.69) is 5.32 Å². The van der Waals surface area contributed by atoms with Crippen LogP contribution in [0.4, 0.5) is 0 Å². The number of amides is 1. The molecule has 5 heteroatoms. The number of halogens is 1. The van der Waals surface area contributed by atoms with E-state index >= 15 is 0 Å². The third-order valence-electron chi connectivity index (χ3n) is 3.70. The Kier molecular flexibility index (Phi) is 3.84. The molecule has 1 aromatic carbocycles. The van der Waals surface area contributed by atoms with Gasteiger partial charge in [-0.3, -0.25) is 4.79 Å². The number of aliphatic hydroxyl groups is 1. The van der Waals surface area contributed by atoms with E-state index in [1.165, 1.54) is 11.3 Å². The number of rotatable bonds is 3. The summed E-state index contributed by atoms with van der Waals surface area (Å²) in [7, 11) is 0. The fraction of sp³-hybridized carbons (Fsp3) is 0.400. The summed E-state index contributed by atoms with van der Waals surface area (Å²) >= 11 is 7.64. The van der Waals surface area contributed by atoms with Gasteiger partial charge in [-0.2, -0.15) is 0 Å². The fourth-order valence-electron chi connectivity index (χ4n) is 1.65. The lowest BCUT2D eigenvalue weighted by Crippen LogP contribution is -2.57. The Morgan fingerprint density at radius 3 is 2.40 bits per heavy atom. The standard InChI is InChI=1S/C15H18ClNO2S/c1-14(2,15(3,4)19)17-13(18)12-11(16)9-7-5-6-8-10(9)20-12/h5-8,19H,1-4H3,(H,17,18). The molecule has 2 aromatic rings. The van der Waals surface area contributed by atoms with Crippen LogP contribution in [0.5, 0.6) is 0 Å². The number of thiophene rings is 1. The van der Waals surface area contributed by atoms with Crippen molar-refractivity contribution in [1.29, 1.82) is 0 Å². The molecule has 1 heterocycles. The van der Waals surface area contributed by atoms with E-state index in [4.69, 9.17) is 11.6 Å². The minimum atomic E-state index is -1.04. The summed E-state index contributed by atoms with van der Waals surface area (Å²) in [6.45, 7) is 6.90. The lowest BCUT2D eigenvalue weighted by atomic mass is 9.86. The van der Waals surface area contributed by atoms with Crippen LogP contribution >= 0.6 is 22.9 Å². The molecule has 0 saturated heterocycles. The number of carbonyl (C=O) groups excluding carboxylic acids is 1. The molecule has 1 amide bonds. The van der Waals surface area contributed by atoms with Gasteiger partial charge in [0, 0.05) is 10.1 Å². The van der Waals surface area contributed by atoms with Crippen LogP contribution in [-0.4, -0.2) is 22.2 Å². The molecule has 0 saturated carbocycles. The van der Waals surface area contributed by atoms with Crippen LogP contribution in [0.1, 0.15) is 37.4 Å². The van der Waals surface area contributed by atoms with Crippen molar-refractivity contribution in [1.82, 2.24) is 5.32 Å². The smallest absolute Gasteiger partial charge is 0.263 e. The highest BCUT2D eigenvalue weighted by Crippen LogP contribution is 2.35. The van der Waals surface area contributed by atoms with Gasteiger partial charge >= 0.3 is 0 Å². The Hall–Kier alpha value is -1.10. The SMILES string of the molecule is CC(C)(O)C(C)(C)NC(=O)c1sc2ccccc2c1Cl. The molecule has 0 radical (unpaired) electrons. The first-order valence-corrected chi connectivity index (χ1v) is 7.55. The lowest BCUT2D eigenvalue weighted by molar-refractivity contribution is -0.00284. The van der Waals surface area contributed by atoms with Crippen molar-refractivity contribution in [3.63, 3.8) is 0 Å². The van der Waals surface area contributed by atoms with Gasteiger partial charge in [0.25, 0.3) is 5.91 Å². The van der Waals surface area contributed by atoms with E-state index in [0.29, 0.717) is 9.90 Å². The van der Waals surface area contributed by atoms with Crippen molar-refractivity contribution in [3.05, 3.63) is 34.2 Å². The minimum absolute atomic E-state index is 0.261. The number of benzene rings is 1. The summed E-state index contributed by atoms with van der Waals surface area (Å²) in [5.74, 6) is -0.261. The maximum absolute atomic E-state index is 12.4. The quantitative estimate of drug-likeness (QED) is 0.905. The minimum Gasteiger partial charge on any atom is -0.388 e. The fourth-order valence-corrected chi connectivity index (χ4v) is 3.07. The zero-order valence-electron chi connectivity index (χ0n) is 12.0. The monoisotopic (exact) mass is 311 g/mol. The van der Waals surface area contributed by atoms with E-state index in [-0.39, 0.29) is 5.91 Å². The molecule has 3 nitrogen and oxygen atoms in total. The first kappa shape index (κ1) is 15.3. The van der Waals surface area contributed by atoms with Gasteiger partial charge in [-0.05, 0) is 33.8 Å². The van der Waals surface area contributed by atoms with Gasteiger partial charge in [-0.1, -0.05) is 29.8 Å². The number of hydrogen-bond donors (Lipinski definition) is 2. The Morgan fingerprint density at radius 1 is 1.25 bits per heavy atom. The number of nitrogens with one attached hydrogen (secondary N) is 1. The van der Waals surface area contributed by atoms with E-state index in [9.17, 15) is 9.90 Å². The van der Waals surface area contributed by atoms with E-state index < -0.39 is 11.1 Å². The summed E-state index contributed by atoms with van der Waals surface area (Å²) in [6.07, 6.45) is 0. The van der Waals surface area contributed by atoms with Crippen LogP contribution < -0.4 is 5.32 Å². The Morgan fingerprint density at radius 2 is 1.85 bits per heavy atom. The first-order chi connectivity index (χ1) is 9.13. The molecular weight excluding hydrogens is 294 g/mol. The van der Waals surface area contributed by atoms with Crippen molar-refractivity contribution in [2.45, 2.75) is 38.8 Å². The zero-order chi connectivity index (χ0) is 15.1. The molecule has 0 aliphatic heterocycles. The second-order valence-electron chi connectivity index (χ2n) is 5.88. The van der Waals surface area contributed by atoms with E-state index in [1.807, 2.05) is 24.3 Å². The number of hydrogen-bond acceptors (Lipinski definition) is 3. The van der Waals surface area contributed by atoms with Crippen LogP contribution in [0, 0.1) is 0 Å². The normalized spacial score (nSPS) is 12.7. The van der Waals surface area contributed by atoms with Crippen LogP contribution in [0.3, 0.4) is 0 Å². The molecule has 0 fully saturated rings. The molecule has 0 atom stereocenters. The highest BCUT2D eigenvalue weighted by Gasteiger charge is 2.37. The largest absolute Gasteiger partial charge is 0.388 e. The van der Waals surface area contributed by atoms with Crippen molar-refractivity contribution in [2.75, 3.05) is 0 Å². The molecule has 1 aromatic heterocycles. The Balaban J connectivity index is 2.35. The second kappa shape index (κ2) is 5.02. The maximum atomic E-state index is 12.4. The first-order valence-electron chi connectivity index (χ1n) is 6.35. The predicted octanol–water partition coefficient (Wildman–Crippen LogP) is 3.83. The highest BCUT2D eigenvalue weighted by molar-refractivity contribution is 7.21. The lowest BCUT2D eigenvalue weighted by Gasteiger charge is -2.37. The molecule has 20 heavy (non-hydrogen) atoms. The molecule has 0 bridgehead atoms. The number of fused-ring (bicyclic) bond motifs is 1. The van der Waals surface area contributed by atoms with Crippen LogP contribution in [-0.2, 0) is 0 Å². The van der Waals surface area contributed by atoms with Crippen molar-refractivity contribution in [3.8, 4) is 0 Å². The average Bonchev–Trinajstić information content (AvgIpc) is 2.66. The summed E-state index contributed by atoms with van der Waals surface area (Å²) in [6, 6.07) is 7.64. The van der Waals surface area contributed by atoms with E-state index in [0.717, 1.165) is 10.1 Å². The van der Waals surface area contributed by atoms with Crippen molar-refractivity contribution >= 4 is 38.9 Å². The predicted molar refractivity (Wildman–Crippen MR) is 84.7 cm³/mol. The molecule has 0 spiro atoms. The third kappa shape index (κ3) is 2.68. The summed E-state index contributed by atoms with van der Waals surface area (Å²) < 4.78 is 0.976. The molecule has 2 rings (SSSR count). The Labute approximate surface area is 127 Å². The molecule has 108 valence electrons. The molecule has 0 aliphatic rings. The van der Waals surface area contributed by atoms with Gasteiger partial charge in [0.15, 0.2) is 0 Å². The molecule has 0 aliphatic carbocycles. The highest BCUT2D eigenvalue weighted by atomic mass is 35.5.